The molecule has 1 aromatic heterocycles. The summed E-state index contributed by atoms with van der Waals surface area (Å²) in [6, 6.07) is 11.0. The molecule has 0 aliphatic rings. The third-order valence-corrected chi connectivity index (χ3v) is 2.73. The normalized spacial score (nSPS) is 11.9. The first-order valence-electron chi connectivity index (χ1n) is 5.75. The minimum atomic E-state index is 0.101. The van der Waals surface area contributed by atoms with Crippen LogP contribution in [0.3, 0.4) is 0 Å². The summed E-state index contributed by atoms with van der Waals surface area (Å²) in [4.78, 5) is 4.13. The van der Waals surface area contributed by atoms with Gasteiger partial charge in [0.15, 0.2) is 0 Å². The number of pyridine rings is 1. The average molecular weight is 244 g/mol. The summed E-state index contributed by atoms with van der Waals surface area (Å²) in [6.07, 6.45) is 1.69. The Morgan fingerprint density at radius 2 is 1.94 bits per heavy atom. The highest BCUT2D eigenvalue weighted by Gasteiger charge is 2.09. The van der Waals surface area contributed by atoms with Crippen LogP contribution in [0.15, 0.2) is 42.6 Å². The van der Waals surface area contributed by atoms with Crippen LogP contribution in [0.5, 0.6) is 11.6 Å². The Kier molecular flexibility index (Phi) is 3.67. The maximum Gasteiger partial charge on any atom is 0.237 e. The molecule has 4 heteroatoms. The van der Waals surface area contributed by atoms with Crippen molar-refractivity contribution in [1.82, 2.24) is 4.98 Å². The third kappa shape index (κ3) is 2.71. The lowest BCUT2D eigenvalue weighted by Crippen LogP contribution is -2.08. The second kappa shape index (κ2) is 5.40. The molecule has 1 atom stereocenters. The maximum atomic E-state index is 9.26. The molecule has 1 unspecified atom stereocenters. The van der Waals surface area contributed by atoms with Gasteiger partial charge in [-0.15, -0.1) is 0 Å². The van der Waals surface area contributed by atoms with E-state index in [1.54, 1.807) is 25.4 Å². The fourth-order valence-electron chi connectivity index (χ4n) is 1.74. The SMILES string of the molecule is COc1ncccc1NC(C)c1ccc(O)cc1. The van der Waals surface area contributed by atoms with E-state index in [4.69, 9.17) is 4.74 Å². The molecule has 94 valence electrons. The molecule has 0 bridgehead atoms. The smallest absolute Gasteiger partial charge is 0.237 e. The lowest BCUT2D eigenvalue weighted by Gasteiger charge is -2.17. The van der Waals surface area contributed by atoms with E-state index in [1.165, 1.54) is 0 Å². The molecule has 1 heterocycles. The summed E-state index contributed by atoms with van der Waals surface area (Å²) in [7, 11) is 1.60. The zero-order valence-electron chi connectivity index (χ0n) is 10.4. The zero-order chi connectivity index (χ0) is 13.0. The fourth-order valence-corrected chi connectivity index (χ4v) is 1.74. The van der Waals surface area contributed by atoms with Gasteiger partial charge in [0.2, 0.25) is 5.88 Å². The van der Waals surface area contributed by atoms with Crippen LogP contribution < -0.4 is 10.1 Å². The van der Waals surface area contributed by atoms with Gasteiger partial charge in [-0.05, 0) is 36.8 Å². The summed E-state index contributed by atoms with van der Waals surface area (Å²) in [5.74, 6) is 0.841. The van der Waals surface area contributed by atoms with Gasteiger partial charge in [-0.3, -0.25) is 0 Å². The van der Waals surface area contributed by atoms with Gasteiger partial charge in [0, 0.05) is 12.2 Å². The third-order valence-electron chi connectivity index (χ3n) is 2.73. The first-order chi connectivity index (χ1) is 8.70. The van der Waals surface area contributed by atoms with Gasteiger partial charge in [-0.1, -0.05) is 12.1 Å². The topological polar surface area (TPSA) is 54.4 Å². The molecule has 0 aliphatic carbocycles. The van der Waals surface area contributed by atoms with E-state index in [1.807, 2.05) is 31.2 Å². The molecule has 2 rings (SSSR count). The maximum absolute atomic E-state index is 9.26. The zero-order valence-corrected chi connectivity index (χ0v) is 10.4. The minimum absolute atomic E-state index is 0.101. The Labute approximate surface area is 106 Å². The fraction of sp³-hybridized carbons (Fsp3) is 0.214. The number of aromatic hydroxyl groups is 1. The molecule has 0 spiro atoms. The molecule has 4 nitrogen and oxygen atoms in total. The van der Waals surface area contributed by atoms with Gasteiger partial charge in [-0.2, -0.15) is 0 Å². The van der Waals surface area contributed by atoms with Crippen LogP contribution in [0.4, 0.5) is 5.69 Å². The van der Waals surface area contributed by atoms with Crippen LogP contribution in [-0.4, -0.2) is 17.2 Å². The number of hydrogen-bond donors (Lipinski definition) is 2. The minimum Gasteiger partial charge on any atom is -0.508 e. The van der Waals surface area contributed by atoms with E-state index in [0.717, 1.165) is 11.3 Å². The van der Waals surface area contributed by atoms with Crippen molar-refractivity contribution in [3.05, 3.63) is 48.2 Å². The molecule has 18 heavy (non-hydrogen) atoms. The number of hydrogen-bond acceptors (Lipinski definition) is 4. The number of phenols is 1. The molecule has 0 fully saturated rings. The summed E-state index contributed by atoms with van der Waals surface area (Å²) in [5.41, 5.74) is 1.93. The number of anilines is 1. The Morgan fingerprint density at radius 1 is 1.22 bits per heavy atom. The van der Waals surface area contributed by atoms with Crippen molar-refractivity contribution in [3.63, 3.8) is 0 Å². The van der Waals surface area contributed by atoms with Crippen molar-refractivity contribution in [2.24, 2.45) is 0 Å². The predicted octanol–water partition coefficient (Wildman–Crippen LogP) is 2.97. The second-order valence-corrected chi connectivity index (χ2v) is 4.02. The largest absolute Gasteiger partial charge is 0.508 e. The van der Waals surface area contributed by atoms with Crippen LogP contribution in [-0.2, 0) is 0 Å². The lowest BCUT2D eigenvalue weighted by molar-refractivity contribution is 0.399. The lowest BCUT2D eigenvalue weighted by atomic mass is 10.1. The van der Waals surface area contributed by atoms with E-state index in [-0.39, 0.29) is 11.8 Å². The van der Waals surface area contributed by atoms with Crippen molar-refractivity contribution in [2.75, 3.05) is 12.4 Å². The van der Waals surface area contributed by atoms with Crippen molar-refractivity contribution >= 4 is 5.69 Å². The van der Waals surface area contributed by atoms with Crippen molar-refractivity contribution in [1.29, 1.82) is 0 Å². The van der Waals surface area contributed by atoms with Gasteiger partial charge < -0.3 is 15.2 Å². The molecule has 0 radical (unpaired) electrons. The van der Waals surface area contributed by atoms with Crippen LogP contribution >= 0.6 is 0 Å². The molecule has 1 aromatic carbocycles. The summed E-state index contributed by atoms with van der Waals surface area (Å²) < 4.78 is 5.19. The number of methoxy groups -OCH3 is 1. The Hall–Kier alpha value is -2.23. The molecule has 0 amide bonds. The number of benzene rings is 1. The predicted molar refractivity (Wildman–Crippen MR) is 70.9 cm³/mol. The highest BCUT2D eigenvalue weighted by molar-refractivity contribution is 5.53. The van der Waals surface area contributed by atoms with Gasteiger partial charge in [0.1, 0.15) is 5.75 Å². The highest BCUT2D eigenvalue weighted by Crippen LogP contribution is 2.26. The molecule has 0 saturated carbocycles. The average Bonchev–Trinajstić information content (AvgIpc) is 2.40. The molecule has 0 aliphatic heterocycles. The van der Waals surface area contributed by atoms with E-state index >= 15 is 0 Å². The standard InChI is InChI=1S/C14H16N2O2/c1-10(11-5-7-12(17)8-6-11)16-13-4-3-9-15-14(13)18-2/h3-10,16-17H,1-2H3. The number of ether oxygens (including phenoxy) is 1. The summed E-state index contributed by atoms with van der Waals surface area (Å²) >= 11 is 0. The monoisotopic (exact) mass is 244 g/mol. The Morgan fingerprint density at radius 3 is 2.61 bits per heavy atom. The van der Waals surface area contributed by atoms with Crippen LogP contribution in [0, 0.1) is 0 Å². The quantitative estimate of drug-likeness (QED) is 0.868. The number of rotatable bonds is 4. The van der Waals surface area contributed by atoms with Crippen LogP contribution in [0.1, 0.15) is 18.5 Å². The molecule has 0 saturated heterocycles. The molecule has 2 aromatic rings. The van der Waals surface area contributed by atoms with Gasteiger partial charge in [0.25, 0.3) is 0 Å². The van der Waals surface area contributed by atoms with Crippen molar-refractivity contribution < 1.29 is 9.84 Å². The van der Waals surface area contributed by atoms with E-state index < -0.39 is 0 Å². The number of nitrogens with zero attached hydrogens (tertiary/aromatic N) is 1. The summed E-state index contributed by atoms with van der Waals surface area (Å²) in [5, 5.41) is 12.6. The summed E-state index contributed by atoms with van der Waals surface area (Å²) in [6.45, 7) is 2.04. The van der Waals surface area contributed by atoms with Crippen molar-refractivity contribution in [2.45, 2.75) is 13.0 Å². The first-order valence-corrected chi connectivity index (χ1v) is 5.75. The Balaban J connectivity index is 2.15. The van der Waals surface area contributed by atoms with E-state index in [9.17, 15) is 5.11 Å². The number of aromatic nitrogens is 1. The van der Waals surface area contributed by atoms with Gasteiger partial charge in [-0.25, -0.2) is 4.98 Å². The van der Waals surface area contributed by atoms with Gasteiger partial charge in [0.05, 0.1) is 12.8 Å². The highest BCUT2D eigenvalue weighted by atomic mass is 16.5. The molecule has 2 N–H and O–H groups in total. The number of nitrogens with one attached hydrogen (secondary N) is 1. The van der Waals surface area contributed by atoms with Crippen molar-refractivity contribution in [3.8, 4) is 11.6 Å². The number of phenolic OH excluding ortho intramolecular Hbond substituents is 1. The molecular weight excluding hydrogens is 228 g/mol. The molecular formula is C14H16N2O2. The van der Waals surface area contributed by atoms with E-state index in [2.05, 4.69) is 10.3 Å². The Bertz CT molecular complexity index is 511. The van der Waals surface area contributed by atoms with E-state index in [0.29, 0.717) is 5.88 Å². The van der Waals surface area contributed by atoms with Crippen LogP contribution in [0.25, 0.3) is 0 Å². The van der Waals surface area contributed by atoms with Gasteiger partial charge >= 0.3 is 0 Å². The van der Waals surface area contributed by atoms with Crippen LogP contribution in [0.2, 0.25) is 0 Å². The second-order valence-electron chi connectivity index (χ2n) is 4.02. The first kappa shape index (κ1) is 12.2.